The summed E-state index contributed by atoms with van der Waals surface area (Å²) in [6, 6.07) is 5.63. The Morgan fingerprint density at radius 1 is 0.962 bits per heavy atom. The molecule has 0 saturated carbocycles. The topological polar surface area (TPSA) is 99.3 Å². The van der Waals surface area contributed by atoms with E-state index < -0.39 is 5.91 Å². The number of carbonyl (C=O) groups is 3. The van der Waals surface area contributed by atoms with Crippen LogP contribution < -0.4 is 21.5 Å². The van der Waals surface area contributed by atoms with Gasteiger partial charge in [0.05, 0.1) is 0 Å². The Kier molecular flexibility index (Phi) is 8.71. The first kappa shape index (κ1) is 21.6. The normalized spacial score (nSPS) is 10.2. The van der Waals surface area contributed by atoms with E-state index in [2.05, 4.69) is 21.5 Å². The third kappa shape index (κ3) is 8.57. The molecule has 26 heavy (non-hydrogen) atoms. The fourth-order valence-electron chi connectivity index (χ4n) is 2.04. The average Bonchev–Trinajstić information content (AvgIpc) is 2.53. The Labute approximate surface area is 159 Å². The van der Waals surface area contributed by atoms with Crippen molar-refractivity contribution in [3.63, 3.8) is 0 Å². The maximum Gasteiger partial charge on any atom is 0.238 e. The number of benzene rings is 1. The maximum absolute atomic E-state index is 11.9. The van der Waals surface area contributed by atoms with Crippen LogP contribution in [0.5, 0.6) is 0 Å². The van der Waals surface area contributed by atoms with Gasteiger partial charge in [0.25, 0.3) is 0 Å². The van der Waals surface area contributed by atoms with Crippen LogP contribution in [0.4, 0.5) is 5.69 Å². The molecular formula is C18H26N4O3S. The molecule has 0 aliphatic rings. The van der Waals surface area contributed by atoms with Gasteiger partial charge in [-0.15, -0.1) is 0 Å². The van der Waals surface area contributed by atoms with Gasteiger partial charge in [-0.25, -0.2) is 0 Å². The fourth-order valence-corrected chi connectivity index (χ4v) is 2.20. The number of hydrogen-bond donors (Lipinski definition) is 4. The van der Waals surface area contributed by atoms with Crippen molar-refractivity contribution >= 4 is 40.7 Å². The molecule has 0 aliphatic carbocycles. The van der Waals surface area contributed by atoms with Gasteiger partial charge < -0.3 is 10.6 Å². The molecule has 0 heterocycles. The van der Waals surface area contributed by atoms with Gasteiger partial charge in [0.2, 0.25) is 17.7 Å². The molecule has 0 saturated heterocycles. The summed E-state index contributed by atoms with van der Waals surface area (Å²) < 4.78 is 0. The zero-order valence-electron chi connectivity index (χ0n) is 15.6. The van der Waals surface area contributed by atoms with Crippen LogP contribution in [-0.2, 0) is 14.4 Å². The molecule has 1 aromatic carbocycles. The summed E-state index contributed by atoms with van der Waals surface area (Å²) in [4.78, 5) is 35.2. The lowest BCUT2D eigenvalue weighted by Crippen LogP contribution is -2.48. The predicted molar refractivity (Wildman–Crippen MR) is 105 cm³/mol. The number of nitrogens with one attached hydrogen (secondary N) is 4. The Hall–Kier alpha value is -2.48. The molecular weight excluding hydrogens is 352 g/mol. The van der Waals surface area contributed by atoms with E-state index in [-0.39, 0.29) is 35.7 Å². The summed E-state index contributed by atoms with van der Waals surface area (Å²) in [5.41, 5.74) is 7.72. The monoisotopic (exact) mass is 378 g/mol. The summed E-state index contributed by atoms with van der Waals surface area (Å²) in [5.74, 6) is -0.667. The Balaban J connectivity index is 2.28. The lowest BCUT2D eigenvalue weighted by molar-refractivity contribution is -0.124. The van der Waals surface area contributed by atoms with E-state index in [4.69, 9.17) is 12.2 Å². The zero-order valence-corrected chi connectivity index (χ0v) is 16.4. The molecule has 0 fully saturated rings. The van der Waals surface area contributed by atoms with Crippen molar-refractivity contribution in [1.29, 1.82) is 0 Å². The number of hydrogen-bond acceptors (Lipinski definition) is 4. The number of aryl methyl sites for hydroxylation is 2. The van der Waals surface area contributed by atoms with E-state index in [1.807, 2.05) is 45.9 Å². The summed E-state index contributed by atoms with van der Waals surface area (Å²) in [5, 5.41) is 5.23. The molecule has 0 radical (unpaired) electrons. The second-order valence-corrected chi connectivity index (χ2v) is 6.90. The first-order valence-corrected chi connectivity index (χ1v) is 8.84. The molecule has 0 aromatic heterocycles. The molecule has 8 heteroatoms. The van der Waals surface area contributed by atoms with Crippen LogP contribution in [0.25, 0.3) is 0 Å². The predicted octanol–water partition coefficient (Wildman–Crippen LogP) is 2.09. The molecule has 0 spiro atoms. The number of rotatable bonds is 6. The maximum atomic E-state index is 11.9. The number of anilines is 1. The summed E-state index contributed by atoms with van der Waals surface area (Å²) in [6.07, 6.45) is 0.369. The Morgan fingerprint density at radius 2 is 1.62 bits per heavy atom. The van der Waals surface area contributed by atoms with Crippen molar-refractivity contribution in [3.8, 4) is 0 Å². The first-order valence-electron chi connectivity index (χ1n) is 8.43. The number of carbonyl (C=O) groups excluding carboxylic acids is 3. The molecule has 0 aliphatic heterocycles. The van der Waals surface area contributed by atoms with E-state index in [1.165, 1.54) is 0 Å². The third-order valence-corrected chi connectivity index (χ3v) is 3.74. The van der Waals surface area contributed by atoms with Gasteiger partial charge in [-0.1, -0.05) is 19.9 Å². The fraction of sp³-hybridized carbons (Fsp3) is 0.444. The van der Waals surface area contributed by atoms with Crippen LogP contribution in [0.3, 0.4) is 0 Å². The van der Waals surface area contributed by atoms with E-state index in [0.717, 1.165) is 11.1 Å². The molecule has 4 N–H and O–H groups in total. The molecule has 1 rings (SSSR count). The third-order valence-electron chi connectivity index (χ3n) is 3.53. The van der Waals surface area contributed by atoms with Gasteiger partial charge >= 0.3 is 0 Å². The SMILES string of the molecule is Cc1ccc(NC(=O)CCC(=O)NNC(=S)NC(=O)CC(C)C)cc1C. The molecule has 0 bridgehead atoms. The second kappa shape index (κ2) is 10.5. The molecule has 1 aromatic rings. The van der Waals surface area contributed by atoms with Gasteiger partial charge in [0.15, 0.2) is 5.11 Å². The highest BCUT2D eigenvalue weighted by Gasteiger charge is 2.10. The molecule has 3 amide bonds. The highest BCUT2D eigenvalue weighted by atomic mass is 32.1. The minimum Gasteiger partial charge on any atom is -0.326 e. The van der Waals surface area contributed by atoms with Crippen LogP contribution >= 0.6 is 12.2 Å². The Morgan fingerprint density at radius 3 is 2.23 bits per heavy atom. The van der Waals surface area contributed by atoms with E-state index >= 15 is 0 Å². The molecule has 0 atom stereocenters. The lowest BCUT2D eigenvalue weighted by Gasteiger charge is -2.11. The van der Waals surface area contributed by atoms with E-state index in [0.29, 0.717) is 12.1 Å². The van der Waals surface area contributed by atoms with E-state index in [1.54, 1.807) is 0 Å². The molecule has 0 unspecified atom stereocenters. The number of amides is 3. The minimum atomic E-state index is -0.402. The molecule has 7 nitrogen and oxygen atoms in total. The Bertz CT molecular complexity index is 689. The largest absolute Gasteiger partial charge is 0.326 e. The number of thiocarbonyl (C=S) groups is 1. The second-order valence-electron chi connectivity index (χ2n) is 6.50. The van der Waals surface area contributed by atoms with Gasteiger partial charge in [-0.2, -0.15) is 0 Å². The van der Waals surface area contributed by atoms with Crippen molar-refractivity contribution < 1.29 is 14.4 Å². The van der Waals surface area contributed by atoms with Crippen molar-refractivity contribution in [1.82, 2.24) is 16.2 Å². The van der Waals surface area contributed by atoms with Gasteiger partial charge in [0.1, 0.15) is 0 Å². The van der Waals surface area contributed by atoms with Gasteiger partial charge in [0, 0.05) is 24.9 Å². The quantitative estimate of drug-likeness (QED) is 0.449. The van der Waals surface area contributed by atoms with Crippen molar-refractivity contribution in [2.75, 3.05) is 5.32 Å². The molecule has 142 valence electrons. The summed E-state index contributed by atoms with van der Waals surface area (Å²) in [7, 11) is 0. The summed E-state index contributed by atoms with van der Waals surface area (Å²) >= 11 is 4.91. The first-order chi connectivity index (χ1) is 12.2. The van der Waals surface area contributed by atoms with Crippen LogP contribution in [-0.4, -0.2) is 22.8 Å². The lowest BCUT2D eigenvalue weighted by atomic mass is 10.1. The van der Waals surface area contributed by atoms with Gasteiger partial charge in [-0.3, -0.25) is 25.2 Å². The van der Waals surface area contributed by atoms with Crippen molar-refractivity contribution in [2.45, 2.75) is 47.0 Å². The highest BCUT2D eigenvalue weighted by Crippen LogP contribution is 2.14. The average molecular weight is 378 g/mol. The summed E-state index contributed by atoms with van der Waals surface area (Å²) in [6.45, 7) is 7.79. The van der Waals surface area contributed by atoms with Crippen molar-refractivity contribution in [2.24, 2.45) is 5.92 Å². The highest BCUT2D eigenvalue weighted by molar-refractivity contribution is 7.80. The smallest absolute Gasteiger partial charge is 0.238 e. The van der Waals surface area contributed by atoms with Gasteiger partial charge in [-0.05, 0) is 55.2 Å². The van der Waals surface area contributed by atoms with Crippen LogP contribution in [0.15, 0.2) is 18.2 Å². The van der Waals surface area contributed by atoms with E-state index in [9.17, 15) is 14.4 Å². The van der Waals surface area contributed by atoms with Crippen LogP contribution in [0, 0.1) is 19.8 Å². The minimum absolute atomic E-state index is 0.00771. The number of hydrazine groups is 1. The van der Waals surface area contributed by atoms with Crippen molar-refractivity contribution in [3.05, 3.63) is 29.3 Å². The standard InChI is InChI=1S/C18H26N4O3S/c1-11(2)9-17(25)20-18(26)22-21-16(24)8-7-15(23)19-14-6-5-12(3)13(4)10-14/h5-6,10-11H,7-9H2,1-4H3,(H,19,23)(H,21,24)(H2,20,22,25,26). The zero-order chi connectivity index (χ0) is 19.7. The van der Waals surface area contributed by atoms with Crippen LogP contribution in [0.1, 0.15) is 44.2 Å². The van der Waals surface area contributed by atoms with Crippen LogP contribution in [0.2, 0.25) is 0 Å².